The molecular formula is C2H3N4+. The van der Waals surface area contributed by atoms with Crippen LogP contribution in [0.3, 0.4) is 0 Å². The Hall–Kier alpha value is -0.990. The Kier molecular flexibility index (Phi) is 0.538. The Morgan fingerprint density at radius 3 is 2.83 bits per heavy atom. The first-order chi connectivity index (χ1) is 2.89. The molecule has 0 aromatic carbocycles. The smallest absolute Gasteiger partial charge is 0.221 e. The molecule has 4 nitrogen and oxygen atoms in total. The van der Waals surface area contributed by atoms with Crippen molar-refractivity contribution in [3.8, 4) is 0 Å². The van der Waals surface area contributed by atoms with Crippen LogP contribution in [-0.4, -0.2) is 5.12 Å². The summed E-state index contributed by atoms with van der Waals surface area (Å²) in [5.74, 6) is 4.99. The zero-order valence-electron chi connectivity index (χ0n) is 3.00. The highest BCUT2D eigenvalue weighted by Crippen LogP contribution is 1.90. The van der Waals surface area contributed by atoms with E-state index in [-0.39, 0.29) is 0 Å². The second-order valence-corrected chi connectivity index (χ2v) is 0.828. The molecule has 0 saturated carbocycles. The Bertz CT molecular complexity index is 81.7. The van der Waals surface area contributed by atoms with Gasteiger partial charge in [0.1, 0.15) is 5.11 Å². The highest BCUT2D eigenvalue weighted by atomic mass is 15.7. The molecule has 1 aliphatic heterocycles. The lowest BCUT2D eigenvalue weighted by Gasteiger charge is -1.84. The van der Waals surface area contributed by atoms with E-state index in [1.807, 2.05) is 0 Å². The number of hydrogen-bond acceptors (Lipinski definition) is 4. The molecule has 0 radical (unpaired) electrons. The average Bonchev–Trinajstić information content (AvgIpc) is 1.86. The van der Waals surface area contributed by atoms with E-state index in [2.05, 4.69) is 16.5 Å². The Morgan fingerprint density at radius 1 is 1.83 bits per heavy atom. The summed E-state index contributed by atoms with van der Waals surface area (Å²) in [6, 6.07) is 0. The molecule has 0 saturated heterocycles. The van der Waals surface area contributed by atoms with Crippen LogP contribution in [0.5, 0.6) is 0 Å². The quantitative estimate of drug-likeness (QED) is 0.326. The zero-order valence-corrected chi connectivity index (χ0v) is 3.00. The number of rotatable bonds is 0. The van der Waals surface area contributed by atoms with Crippen molar-refractivity contribution in [2.75, 3.05) is 0 Å². The summed E-state index contributed by atoms with van der Waals surface area (Å²) in [5, 5.41) is 7.67. The molecule has 0 amide bonds. The maximum absolute atomic E-state index is 4.99. The molecule has 0 spiro atoms. The number of hydrazine groups is 1. The van der Waals surface area contributed by atoms with Gasteiger partial charge in [0.15, 0.2) is 0 Å². The molecule has 1 aliphatic rings. The topological polar surface area (TPSA) is 54.0 Å². The highest BCUT2D eigenvalue weighted by Gasteiger charge is 2.03. The van der Waals surface area contributed by atoms with Crippen LogP contribution in [0.4, 0.5) is 0 Å². The molecule has 2 N–H and O–H groups in total. The summed E-state index contributed by atoms with van der Waals surface area (Å²) in [6.45, 7) is 0. The molecule has 4 heteroatoms. The molecule has 0 aromatic rings. The SMILES string of the molecule is NN1C=[C+]N=N1. The monoisotopic (exact) mass is 83.0 g/mol. The van der Waals surface area contributed by atoms with Crippen molar-refractivity contribution in [3.63, 3.8) is 0 Å². The van der Waals surface area contributed by atoms with Crippen LogP contribution in [-0.2, 0) is 0 Å². The van der Waals surface area contributed by atoms with Crippen molar-refractivity contribution in [2.45, 2.75) is 0 Å². The highest BCUT2D eigenvalue weighted by molar-refractivity contribution is 4.69. The minimum atomic E-state index is 1.08. The Balaban J connectivity index is 2.60. The average molecular weight is 83.1 g/mol. The maximum atomic E-state index is 4.99. The van der Waals surface area contributed by atoms with Crippen LogP contribution in [0.1, 0.15) is 0 Å². The second-order valence-electron chi connectivity index (χ2n) is 0.828. The third-order valence-corrected chi connectivity index (χ3v) is 0.396. The molecule has 0 aromatic heterocycles. The maximum Gasteiger partial charge on any atom is 0.446 e. The Morgan fingerprint density at radius 2 is 2.67 bits per heavy atom. The van der Waals surface area contributed by atoms with E-state index >= 15 is 0 Å². The molecule has 30 valence electrons. The summed E-state index contributed by atoms with van der Waals surface area (Å²) in [7, 11) is 0. The molecule has 0 aliphatic carbocycles. The van der Waals surface area contributed by atoms with Crippen molar-refractivity contribution in [2.24, 2.45) is 16.2 Å². The minimum absolute atomic E-state index is 1.08. The molecule has 0 fully saturated rings. The van der Waals surface area contributed by atoms with E-state index in [0.717, 1.165) is 5.12 Å². The predicted octanol–water partition coefficient (Wildman–Crippen LogP) is -0.183. The van der Waals surface area contributed by atoms with Crippen molar-refractivity contribution in [1.29, 1.82) is 0 Å². The summed E-state index contributed by atoms with van der Waals surface area (Å²) in [4.78, 5) is 0. The second kappa shape index (κ2) is 1.01. The fraction of sp³-hybridized carbons (Fsp3) is 0. The molecule has 6 heavy (non-hydrogen) atoms. The largest absolute Gasteiger partial charge is 0.446 e. The minimum Gasteiger partial charge on any atom is -0.221 e. The standard InChI is InChI=1S/C2H3N4/c3-6-2-1-4-5-6/h2H,3H2/q+1. The fourth-order valence-corrected chi connectivity index (χ4v) is 0.188. The predicted molar refractivity (Wildman–Crippen MR) is 18.7 cm³/mol. The summed E-state index contributed by atoms with van der Waals surface area (Å²) in [5.41, 5.74) is 0. The third kappa shape index (κ3) is 0.337. The van der Waals surface area contributed by atoms with Gasteiger partial charge in [0.05, 0.1) is 0 Å². The van der Waals surface area contributed by atoms with E-state index in [4.69, 9.17) is 5.84 Å². The van der Waals surface area contributed by atoms with E-state index < -0.39 is 0 Å². The van der Waals surface area contributed by atoms with Gasteiger partial charge in [0.2, 0.25) is 0 Å². The van der Waals surface area contributed by atoms with Gasteiger partial charge in [-0.25, -0.2) is 5.84 Å². The van der Waals surface area contributed by atoms with Gasteiger partial charge in [0, 0.05) is 5.22 Å². The van der Waals surface area contributed by atoms with Gasteiger partial charge in [-0.05, 0) is 0 Å². The zero-order chi connectivity index (χ0) is 4.41. The fourth-order valence-electron chi connectivity index (χ4n) is 0.188. The third-order valence-electron chi connectivity index (χ3n) is 0.396. The Labute approximate surface area is 34.9 Å². The van der Waals surface area contributed by atoms with Gasteiger partial charge >= 0.3 is 12.4 Å². The van der Waals surface area contributed by atoms with E-state index in [9.17, 15) is 0 Å². The van der Waals surface area contributed by atoms with Crippen LogP contribution < -0.4 is 5.84 Å². The van der Waals surface area contributed by atoms with Crippen LogP contribution in [0, 0.1) is 6.20 Å². The lowest BCUT2D eigenvalue weighted by Crippen LogP contribution is -2.14. The summed E-state index contributed by atoms with van der Waals surface area (Å²) < 4.78 is 0. The number of nitrogens with zero attached hydrogens (tertiary/aromatic N) is 3. The van der Waals surface area contributed by atoms with E-state index in [1.54, 1.807) is 0 Å². The van der Waals surface area contributed by atoms with Gasteiger partial charge in [-0.2, -0.15) is 0 Å². The van der Waals surface area contributed by atoms with Crippen molar-refractivity contribution >= 4 is 0 Å². The van der Waals surface area contributed by atoms with Crippen LogP contribution in [0.15, 0.2) is 16.5 Å². The van der Waals surface area contributed by atoms with Crippen molar-refractivity contribution in [1.82, 2.24) is 5.12 Å². The van der Waals surface area contributed by atoms with Gasteiger partial charge in [0.25, 0.3) is 0 Å². The van der Waals surface area contributed by atoms with Crippen LogP contribution in [0.2, 0.25) is 0 Å². The van der Waals surface area contributed by atoms with Gasteiger partial charge in [-0.3, -0.25) is 0 Å². The van der Waals surface area contributed by atoms with E-state index in [1.165, 1.54) is 6.20 Å². The van der Waals surface area contributed by atoms with Gasteiger partial charge in [-0.15, -0.1) is 5.12 Å². The van der Waals surface area contributed by atoms with Gasteiger partial charge in [-0.1, -0.05) is 0 Å². The van der Waals surface area contributed by atoms with E-state index in [0.29, 0.717) is 0 Å². The van der Waals surface area contributed by atoms with Crippen LogP contribution in [0.25, 0.3) is 0 Å². The first kappa shape index (κ1) is 3.21. The summed E-state index contributed by atoms with van der Waals surface area (Å²) in [6.07, 6.45) is 3.84. The lowest BCUT2D eigenvalue weighted by molar-refractivity contribution is 0.412. The van der Waals surface area contributed by atoms with Crippen LogP contribution >= 0.6 is 0 Å². The lowest BCUT2D eigenvalue weighted by atomic mass is 11.0. The van der Waals surface area contributed by atoms with Gasteiger partial charge < -0.3 is 0 Å². The normalized spacial score (nSPS) is 15.8. The molecule has 1 heterocycles. The molecule has 0 unspecified atom stereocenters. The van der Waals surface area contributed by atoms with Crippen molar-refractivity contribution in [3.05, 3.63) is 12.4 Å². The number of hydrogen-bond donors (Lipinski definition) is 1. The first-order valence-electron chi connectivity index (χ1n) is 1.43. The summed E-state index contributed by atoms with van der Waals surface area (Å²) >= 11 is 0. The molecule has 1 rings (SSSR count). The molecule has 0 bridgehead atoms. The molecule has 0 atom stereocenters. The molecular weight excluding hydrogens is 80.1 g/mol. The number of nitrogens with two attached hydrogens (primary N) is 1. The first-order valence-corrected chi connectivity index (χ1v) is 1.43. The van der Waals surface area contributed by atoms with Crippen molar-refractivity contribution < 1.29 is 0 Å².